The van der Waals surface area contributed by atoms with Gasteiger partial charge in [0.15, 0.2) is 5.82 Å². The third kappa shape index (κ3) is 3.32. The van der Waals surface area contributed by atoms with Crippen molar-refractivity contribution in [3.63, 3.8) is 0 Å². The minimum absolute atomic E-state index is 0.0946. The van der Waals surface area contributed by atoms with Crippen LogP contribution in [0.2, 0.25) is 0 Å². The summed E-state index contributed by atoms with van der Waals surface area (Å²) in [4.78, 5) is 26.2. The number of anilines is 1. The van der Waals surface area contributed by atoms with Crippen molar-refractivity contribution in [2.24, 2.45) is 0 Å². The summed E-state index contributed by atoms with van der Waals surface area (Å²) in [5.74, 6) is 0.382. The van der Waals surface area contributed by atoms with Gasteiger partial charge in [0.05, 0.1) is 11.5 Å². The molecule has 0 unspecified atom stereocenters. The van der Waals surface area contributed by atoms with Gasteiger partial charge < -0.3 is 15.2 Å². The van der Waals surface area contributed by atoms with Crippen LogP contribution in [-0.2, 0) is 6.54 Å². The molecule has 1 aromatic carbocycles. The third-order valence-corrected chi connectivity index (χ3v) is 2.70. The molecule has 0 bridgehead atoms. The maximum Gasteiger partial charge on any atom is 0.292 e. The molecule has 110 valence electrons. The second kappa shape index (κ2) is 5.99. The fourth-order valence-electron chi connectivity index (χ4n) is 1.71. The predicted molar refractivity (Wildman–Crippen MR) is 72.8 cm³/mol. The van der Waals surface area contributed by atoms with Gasteiger partial charge >= 0.3 is 0 Å². The molecule has 21 heavy (non-hydrogen) atoms. The van der Waals surface area contributed by atoms with Crippen molar-refractivity contribution in [2.75, 3.05) is 12.4 Å². The molecule has 0 atom stereocenters. The molecule has 2 N–H and O–H groups in total. The average Bonchev–Trinajstić information content (AvgIpc) is 2.89. The van der Waals surface area contributed by atoms with Crippen molar-refractivity contribution in [1.82, 2.24) is 15.5 Å². The highest BCUT2D eigenvalue weighted by Gasteiger charge is 2.16. The lowest BCUT2D eigenvalue weighted by atomic mass is 10.1. The number of benzene rings is 1. The van der Waals surface area contributed by atoms with Crippen LogP contribution in [0.3, 0.4) is 0 Å². The summed E-state index contributed by atoms with van der Waals surface area (Å²) in [7, 11) is 1.55. The molecule has 0 radical (unpaired) electrons. The molecule has 0 aliphatic rings. The predicted octanol–water partition coefficient (Wildman–Crippen LogP) is 1.26. The number of nitrogens with zero attached hydrogens (tertiary/aromatic N) is 3. The smallest absolute Gasteiger partial charge is 0.292 e. The van der Waals surface area contributed by atoms with Crippen molar-refractivity contribution >= 4 is 17.3 Å². The molecule has 1 amide bonds. The zero-order chi connectivity index (χ0) is 15.4. The third-order valence-electron chi connectivity index (χ3n) is 2.70. The van der Waals surface area contributed by atoms with Crippen LogP contribution >= 0.6 is 0 Å². The van der Waals surface area contributed by atoms with Crippen LogP contribution in [0.25, 0.3) is 0 Å². The van der Waals surface area contributed by atoms with E-state index in [0.29, 0.717) is 17.3 Å². The zero-order valence-corrected chi connectivity index (χ0v) is 11.4. The number of aryl methyl sites for hydroxylation is 1. The van der Waals surface area contributed by atoms with E-state index in [1.54, 1.807) is 14.0 Å². The number of nitro benzene ring substituents is 1. The Kier molecular flexibility index (Phi) is 4.12. The molecule has 0 aliphatic heterocycles. The monoisotopic (exact) mass is 291 g/mol. The highest BCUT2D eigenvalue weighted by molar-refractivity contribution is 5.95. The van der Waals surface area contributed by atoms with Crippen LogP contribution in [-0.4, -0.2) is 28.0 Å². The van der Waals surface area contributed by atoms with Gasteiger partial charge in [-0.3, -0.25) is 14.9 Å². The largest absolute Gasteiger partial charge is 0.383 e. The van der Waals surface area contributed by atoms with Gasteiger partial charge in [-0.2, -0.15) is 4.98 Å². The summed E-state index contributed by atoms with van der Waals surface area (Å²) in [5, 5.41) is 19.8. The number of aromatic nitrogens is 2. The number of nitro groups is 1. The minimum Gasteiger partial charge on any atom is -0.383 e. The first kappa shape index (κ1) is 14.4. The molecule has 0 saturated carbocycles. The Bertz CT molecular complexity index is 682. The second-order valence-corrected chi connectivity index (χ2v) is 4.15. The van der Waals surface area contributed by atoms with Crippen LogP contribution in [0.1, 0.15) is 22.1 Å². The van der Waals surface area contributed by atoms with E-state index in [2.05, 4.69) is 20.8 Å². The van der Waals surface area contributed by atoms with Gasteiger partial charge in [0.2, 0.25) is 5.89 Å². The average molecular weight is 291 g/mol. The van der Waals surface area contributed by atoms with E-state index in [4.69, 9.17) is 4.52 Å². The van der Waals surface area contributed by atoms with Gasteiger partial charge in [0, 0.05) is 25.6 Å². The molecule has 0 fully saturated rings. The fourth-order valence-corrected chi connectivity index (χ4v) is 1.71. The first-order chi connectivity index (χ1) is 10.0. The Balaban J connectivity index is 2.10. The molecular formula is C12H13N5O4. The number of amides is 1. The molecule has 9 nitrogen and oxygen atoms in total. The molecule has 1 aromatic heterocycles. The first-order valence-electron chi connectivity index (χ1n) is 6.05. The highest BCUT2D eigenvalue weighted by atomic mass is 16.6. The van der Waals surface area contributed by atoms with Crippen molar-refractivity contribution < 1.29 is 14.2 Å². The Labute approximate surface area is 119 Å². The van der Waals surface area contributed by atoms with E-state index in [9.17, 15) is 14.9 Å². The summed E-state index contributed by atoms with van der Waals surface area (Å²) in [6, 6.07) is 4.07. The van der Waals surface area contributed by atoms with Gasteiger partial charge in [-0.1, -0.05) is 5.16 Å². The lowest BCUT2D eigenvalue weighted by molar-refractivity contribution is -0.383. The minimum atomic E-state index is -0.518. The van der Waals surface area contributed by atoms with Crippen LogP contribution < -0.4 is 10.6 Å². The Morgan fingerprint density at radius 3 is 2.81 bits per heavy atom. The van der Waals surface area contributed by atoms with E-state index >= 15 is 0 Å². The van der Waals surface area contributed by atoms with Crippen LogP contribution in [0.4, 0.5) is 11.4 Å². The number of rotatable bonds is 5. The van der Waals surface area contributed by atoms with E-state index in [-0.39, 0.29) is 23.8 Å². The number of nitrogens with one attached hydrogen (secondary N) is 2. The maximum atomic E-state index is 12.0. The fraction of sp³-hybridized carbons (Fsp3) is 0.250. The summed E-state index contributed by atoms with van der Waals surface area (Å²) in [5.41, 5.74) is 0.469. The molecule has 0 saturated heterocycles. The van der Waals surface area contributed by atoms with Crippen molar-refractivity contribution in [3.05, 3.63) is 45.6 Å². The first-order valence-corrected chi connectivity index (χ1v) is 6.05. The number of carbonyl (C=O) groups is 1. The zero-order valence-electron chi connectivity index (χ0n) is 11.4. The Morgan fingerprint density at radius 2 is 2.24 bits per heavy atom. The van der Waals surface area contributed by atoms with E-state index in [1.165, 1.54) is 18.2 Å². The number of hydrogen-bond acceptors (Lipinski definition) is 7. The molecule has 2 rings (SSSR count). The number of carbonyl (C=O) groups excluding carboxylic acids is 1. The molecule has 1 heterocycles. The molecule has 2 aromatic rings. The summed E-state index contributed by atoms with van der Waals surface area (Å²) < 4.78 is 4.78. The normalized spacial score (nSPS) is 10.2. The Morgan fingerprint density at radius 1 is 1.48 bits per heavy atom. The van der Waals surface area contributed by atoms with Crippen molar-refractivity contribution in [1.29, 1.82) is 0 Å². The quantitative estimate of drug-likeness (QED) is 0.627. The van der Waals surface area contributed by atoms with Crippen LogP contribution in [0.5, 0.6) is 0 Å². The molecule has 0 aliphatic carbocycles. The van der Waals surface area contributed by atoms with Gasteiger partial charge in [-0.25, -0.2) is 0 Å². The van der Waals surface area contributed by atoms with Crippen LogP contribution in [0.15, 0.2) is 22.7 Å². The van der Waals surface area contributed by atoms with Crippen LogP contribution in [0, 0.1) is 17.0 Å². The molecular weight excluding hydrogens is 278 g/mol. The standard InChI is InChI=1S/C12H13N5O4/c1-7-15-11(16-21-7)6-14-12(18)8-3-4-10(17(19)20)9(5-8)13-2/h3-5,13H,6H2,1-2H3,(H,14,18). The van der Waals surface area contributed by atoms with Gasteiger partial charge in [-0.15, -0.1) is 0 Å². The van der Waals surface area contributed by atoms with Gasteiger partial charge in [0.1, 0.15) is 5.69 Å². The second-order valence-electron chi connectivity index (χ2n) is 4.15. The van der Waals surface area contributed by atoms with Crippen molar-refractivity contribution in [2.45, 2.75) is 13.5 Å². The maximum absolute atomic E-state index is 12.0. The van der Waals surface area contributed by atoms with E-state index in [0.717, 1.165) is 0 Å². The number of hydrogen-bond donors (Lipinski definition) is 2. The SMILES string of the molecule is CNc1cc(C(=O)NCc2noc(C)n2)ccc1[N+](=O)[O-]. The highest BCUT2D eigenvalue weighted by Crippen LogP contribution is 2.24. The summed E-state index contributed by atoms with van der Waals surface area (Å²) in [6.45, 7) is 1.76. The molecule has 0 spiro atoms. The molecule has 9 heteroatoms. The van der Waals surface area contributed by atoms with E-state index in [1.807, 2.05) is 0 Å². The van der Waals surface area contributed by atoms with Gasteiger partial charge in [-0.05, 0) is 12.1 Å². The van der Waals surface area contributed by atoms with Crippen molar-refractivity contribution in [3.8, 4) is 0 Å². The van der Waals surface area contributed by atoms with E-state index < -0.39 is 4.92 Å². The summed E-state index contributed by atoms with van der Waals surface area (Å²) in [6.07, 6.45) is 0. The summed E-state index contributed by atoms with van der Waals surface area (Å²) >= 11 is 0. The van der Waals surface area contributed by atoms with Gasteiger partial charge in [0.25, 0.3) is 11.6 Å². The lowest BCUT2D eigenvalue weighted by Crippen LogP contribution is -2.23. The Hall–Kier alpha value is -2.97. The lowest BCUT2D eigenvalue weighted by Gasteiger charge is -2.06. The topological polar surface area (TPSA) is 123 Å².